The molecule has 0 aromatic heterocycles. The molecule has 0 spiro atoms. The molecule has 0 fully saturated rings. The highest BCUT2D eigenvalue weighted by molar-refractivity contribution is 6.35. The molecule has 0 saturated heterocycles. The van der Waals surface area contributed by atoms with E-state index < -0.39 is 0 Å². The fourth-order valence-electron chi connectivity index (χ4n) is 2.07. The van der Waals surface area contributed by atoms with Crippen LogP contribution in [0.4, 0.5) is 4.79 Å². The average molecular weight is 353 g/mol. The van der Waals surface area contributed by atoms with Crippen molar-refractivity contribution in [3.8, 4) is 5.75 Å². The molecule has 2 aromatic rings. The Balaban J connectivity index is 1.92. The zero-order chi connectivity index (χ0) is 16.8. The number of hydrogen-bond donors (Lipinski definition) is 1. The van der Waals surface area contributed by atoms with Gasteiger partial charge < -0.3 is 15.0 Å². The maximum Gasteiger partial charge on any atom is 0.317 e. The summed E-state index contributed by atoms with van der Waals surface area (Å²) in [5.41, 5.74) is 1.81. The first-order chi connectivity index (χ1) is 11.0. The molecule has 2 rings (SSSR count). The Morgan fingerprint density at radius 3 is 2.70 bits per heavy atom. The van der Waals surface area contributed by atoms with Gasteiger partial charge in [0.05, 0.1) is 7.11 Å². The second kappa shape index (κ2) is 8.09. The minimum absolute atomic E-state index is 0.182. The second-order valence-corrected chi connectivity index (χ2v) is 5.95. The smallest absolute Gasteiger partial charge is 0.317 e. The maximum atomic E-state index is 12.2. The minimum atomic E-state index is -0.182. The van der Waals surface area contributed by atoms with Crippen LogP contribution in [-0.2, 0) is 13.1 Å². The summed E-state index contributed by atoms with van der Waals surface area (Å²) < 4.78 is 5.16. The van der Waals surface area contributed by atoms with Gasteiger partial charge in [-0.2, -0.15) is 0 Å². The number of methoxy groups -OCH3 is 1. The van der Waals surface area contributed by atoms with E-state index in [2.05, 4.69) is 5.32 Å². The summed E-state index contributed by atoms with van der Waals surface area (Å²) in [4.78, 5) is 13.7. The first-order valence-electron chi connectivity index (χ1n) is 7.05. The van der Waals surface area contributed by atoms with Crippen LogP contribution in [0.3, 0.4) is 0 Å². The number of nitrogens with zero attached hydrogens (tertiary/aromatic N) is 1. The van der Waals surface area contributed by atoms with E-state index in [9.17, 15) is 4.79 Å². The molecule has 0 aliphatic heterocycles. The van der Waals surface area contributed by atoms with Crippen molar-refractivity contribution in [2.75, 3.05) is 14.2 Å². The second-order valence-electron chi connectivity index (χ2n) is 5.10. The molecule has 23 heavy (non-hydrogen) atoms. The van der Waals surface area contributed by atoms with Crippen molar-refractivity contribution in [3.63, 3.8) is 0 Å². The summed E-state index contributed by atoms with van der Waals surface area (Å²) >= 11 is 12.0. The number of hydrogen-bond acceptors (Lipinski definition) is 2. The van der Waals surface area contributed by atoms with E-state index >= 15 is 0 Å². The molecule has 1 N–H and O–H groups in total. The zero-order valence-electron chi connectivity index (χ0n) is 13.0. The highest BCUT2D eigenvalue weighted by Gasteiger charge is 2.11. The number of urea groups is 1. The van der Waals surface area contributed by atoms with E-state index in [-0.39, 0.29) is 6.03 Å². The lowest BCUT2D eigenvalue weighted by Crippen LogP contribution is -2.36. The van der Waals surface area contributed by atoms with Gasteiger partial charge in [-0.1, -0.05) is 41.4 Å². The number of halogens is 2. The van der Waals surface area contributed by atoms with Crippen LogP contribution in [0.15, 0.2) is 42.5 Å². The van der Waals surface area contributed by atoms with Crippen LogP contribution < -0.4 is 10.1 Å². The van der Waals surface area contributed by atoms with Crippen molar-refractivity contribution in [3.05, 3.63) is 63.6 Å². The topological polar surface area (TPSA) is 41.6 Å². The molecule has 6 heteroatoms. The lowest BCUT2D eigenvalue weighted by molar-refractivity contribution is 0.206. The minimum Gasteiger partial charge on any atom is -0.497 e. The van der Waals surface area contributed by atoms with Crippen molar-refractivity contribution in [1.82, 2.24) is 10.2 Å². The third-order valence-corrected chi connectivity index (χ3v) is 3.93. The van der Waals surface area contributed by atoms with Gasteiger partial charge in [-0.15, -0.1) is 0 Å². The van der Waals surface area contributed by atoms with Gasteiger partial charge in [0.2, 0.25) is 0 Å². The van der Waals surface area contributed by atoms with Crippen molar-refractivity contribution < 1.29 is 9.53 Å². The standard InChI is InChI=1S/C17H18Cl2N2O2/c1-21(11-13-6-7-14(18)9-16(13)19)17(22)20-10-12-4-3-5-15(8-12)23-2/h3-9H,10-11H2,1-2H3,(H,20,22). The number of amides is 2. The van der Waals surface area contributed by atoms with Gasteiger partial charge in [-0.05, 0) is 35.4 Å². The lowest BCUT2D eigenvalue weighted by atomic mass is 10.2. The van der Waals surface area contributed by atoms with Crippen LogP contribution in [0, 0.1) is 0 Å². The van der Waals surface area contributed by atoms with E-state index in [1.54, 1.807) is 31.2 Å². The Hall–Kier alpha value is -1.91. The molecule has 0 atom stereocenters. The Morgan fingerprint density at radius 2 is 2.00 bits per heavy atom. The summed E-state index contributed by atoms with van der Waals surface area (Å²) in [6.07, 6.45) is 0. The average Bonchev–Trinajstić information content (AvgIpc) is 2.55. The normalized spacial score (nSPS) is 10.3. The Bertz CT molecular complexity index is 692. The predicted octanol–water partition coefficient (Wildman–Crippen LogP) is 4.34. The van der Waals surface area contributed by atoms with Gasteiger partial charge >= 0.3 is 6.03 Å². The Morgan fingerprint density at radius 1 is 1.22 bits per heavy atom. The lowest BCUT2D eigenvalue weighted by Gasteiger charge is -2.19. The molecule has 0 radical (unpaired) electrons. The fraction of sp³-hybridized carbons (Fsp3) is 0.235. The van der Waals surface area contributed by atoms with Gasteiger partial charge in [0.15, 0.2) is 0 Å². The molecule has 122 valence electrons. The molecule has 0 unspecified atom stereocenters. The summed E-state index contributed by atoms with van der Waals surface area (Å²) in [5, 5.41) is 3.98. The molecule has 0 saturated carbocycles. The number of benzene rings is 2. The number of rotatable bonds is 5. The Kier molecular flexibility index (Phi) is 6.13. The van der Waals surface area contributed by atoms with Crippen LogP contribution >= 0.6 is 23.2 Å². The first kappa shape index (κ1) is 17.4. The summed E-state index contributed by atoms with van der Waals surface area (Å²) in [6, 6.07) is 12.6. The van der Waals surface area contributed by atoms with Crippen LogP contribution in [0.2, 0.25) is 10.0 Å². The number of nitrogens with one attached hydrogen (secondary N) is 1. The Labute approximate surface area is 146 Å². The molecular weight excluding hydrogens is 335 g/mol. The quantitative estimate of drug-likeness (QED) is 0.869. The van der Waals surface area contributed by atoms with Gasteiger partial charge in [0.25, 0.3) is 0 Å². The summed E-state index contributed by atoms with van der Waals surface area (Å²) in [7, 11) is 3.33. The number of ether oxygens (including phenoxy) is 1. The first-order valence-corrected chi connectivity index (χ1v) is 7.81. The monoisotopic (exact) mass is 352 g/mol. The van der Waals surface area contributed by atoms with Crippen molar-refractivity contribution >= 4 is 29.2 Å². The molecule has 2 amide bonds. The van der Waals surface area contributed by atoms with E-state index in [0.717, 1.165) is 16.9 Å². The number of carbonyl (C=O) groups excluding carboxylic acids is 1. The molecule has 0 aliphatic carbocycles. The third-order valence-electron chi connectivity index (χ3n) is 3.35. The largest absolute Gasteiger partial charge is 0.497 e. The van der Waals surface area contributed by atoms with E-state index in [1.165, 1.54) is 0 Å². The highest BCUT2D eigenvalue weighted by Crippen LogP contribution is 2.22. The molecular formula is C17H18Cl2N2O2. The van der Waals surface area contributed by atoms with E-state index in [4.69, 9.17) is 27.9 Å². The van der Waals surface area contributed by atoms with Crippen molar-refractivity contribution in [2.24, 2.45) is 0 Å². The van der Waals surface area contributed by atoms with Crippen molar-refractivity contribution in [1.29, 1.82) is 0 Å². The fourth-order valence-corrected chi connectivity index (χ4v) is 2.54. The van der Waals surface area contributed by atoms with Gasteiger partial charge in [0.1, 0.15) is 5.75 Å². The third kappa shape index (κ3) is 5.05. The molecule has 0 aliphatic rings. The van der Waals surface area contributed by atoms with E-state index in [1.807, 2.05) is 30.3 Å². The van der Waals surface area contributed by atoms with E-state index in [0.29, 0.717) is 23.1 Å². The predicted molar refractivity (Wildman–Crippen MR) is 93.2 cm³/mol. The van der Waals surface area contributed by atoms with Crippen LogP contribution in [0.25, 0.3) is 0 Å². The SMILES string of the molecule is COc1cccc(CNC(=O)N(C)Cc2ccc(Cl)cc2Cl)c1. The molecule has 2 aromatic carbocycles. The van der Waals surface area contributed by atoms with Crippen LogP contribution in [-0.4, -0.2) is 25.1 Å². The molecule has 0 bridgehead atoms. The highest BCUT2D eigenvalue weighted by atomic mass is 35.5. The maximum absolute atomic E-state index is 12.2. The number of carbonyl (C=O) groups is 1. The van der Waals surface area contributed by atoms with Gasteiger partial charge in [-0.25, -0.2) is 4.79 Å². The summed E-state index contributed by atoms with van der Waals surface area (Å²) in [6.45, 7) is 0.828. The summed E-state index contributed by atoms with van der Waals surface area (Å²) in [5.74, 6) is 0.762. The van der Waals surface area contributed by atoms with Crippen LogP contribution in [0.1, 0.15) is 11.1 Å². The molecule has 4 nitrogen and oxygen atoms in total. The zero-order valence-corrected chi connectivity index (χ0v) is 14.5. The van der Waals surface area contributed by atoms with Crippen LogP contribution in [0.5, 0.6) is 5.75 Å². The van der Waals surface area contributed by atoms with Gasteiger partial charge in [0, 0.05) is 30.2 Å². The van der Waals surface area contributed by atoms with Crippen molar-refractivity contribution in [2.45, 2.75) is 13.1 Å². The molecule has 0 heterocycles. The van der Waals surface area contributed by atoms with Gasteiger partial charge in [-0.3, -0.25) is 0 Å².